The molecule has 0 bridgehead atoms. The number of nitrogens with zero attached hydrogens (tertiary/aromatic N) is 2. The Morgan fingerprint density at radius 1 is 1.47 bits per heavy atom. The van der Waals surface area contributed by atoms with Gasteiger partial charge in [0.2, 0.25) is 0 Å². The van der Waals surface area contributed by atoms with E-state index in [2.05, 4.69) is 20.9 Å². The Bertz CT molecular complexity index is 565. The molecular weight excluding hydrogens is 287 g/mol. The molecule has 0 amide bonds. The smallest absolute Gasteiger partial charge is 0.150 e. The van der Waals surface area contributed by atoms with Gasteiger partial charge in [-0.25, -0.2) is 14.1 Å². The van der Waals surface area contributed by atoms with Gasteiger partial charge in [-0.2, -0.15) is 0 Å². The molecule has 0 saturated heterocycles. The van der Waals surface area contributed by atoms with Gasteiger partial charge in [0.05, 0.1) is 0 Å². The van der Waals surface area contributed by atoms with Crippen molar-refractivity contribution in [1.29, 1.82) is 0 Å². The topological polar surface area (TPSA) is 69.9 Å². The number of hydrogen-bond acceptors (Lipinski definition) is 3. The minimum atomic E-state index is -0.374. The second kappa shape index (κ2) is 4.37. The molecule has 17 heavy (non-hydrogen) atoms. The van der Waals surface area contributed by atoms with E-state index in [0.717, 1.165) is 4.47 Å². The summed E-state index contributed by atoms with van der Waals surface area (Å²) in [7, 11) is 0. The molecule has 90 valence electrons. The maximum atomic E-state index is 13.7. The molecule has 1 aromatic carbocycles. The Labute approximate surface area is 107 Å². The lowest BCUT2D eigenvalue weighted by atomic mass is 10.1. The van der Waals surface area contributed by atoms with Crippen LogP contribution in [-0.2, 0) is 6.42 Å². The van der Waals surface area contributed by atoms with Crippen molar-refractivity contribution in [3.63, 3.8) is 0 Å². The lowest BCUT2D eigenvalue weighted by Crippen LogP contribution is -2.14. The zero-order chi connectivity index (χ0) is 12.6. The predicted octanol–water partition coefficient (Wildman–Crippen LogP) is 2.31. The molecule has 1 heterocycles. The number of nitrogens with two attached hydrogens (primary N) is 2. The van der Waals surface area contributed by atoms with Gasteiger partial charge in [-0.3, -0.25) is 0 Å². The van der Waals surface area contributed by atoms with E-state index in [-0.39, 0.29) is 11.6 Å². The molecule has 0 atom stereocenters. The first-order valence-electron chi connectivity index (χ1n) is 5.12. The van der Waals surface area contributed by atoms with Crippen LogP contribution < -0.4 is 11.6 Å². The van der Waals surface area contributed by atoms with Gasteiger partial charge in [0, 0.05) is 16.5 Å². The molecule has 1 aromatic heterocycles. The minimum absolute atomic E-state index is 0.263. The average molecular weight is 299 g/mol. The van der Waals surface area contributed by atoms with Crippen LogP contribution in [0.1, 0.15) is 12.7 Å². The van der Waals surface area contributed by atoms with Crippen LogP contribution in [0, 0.1) is 5.82 Å². The summed E-state index contributed by atoms with van der Waals surface area (Å²) in [5, 5.41) is 0. The van der Waals surface area contributed by atoms with Gasteiger partial charge in [0.25, 0.3) is 0 Å². The first-order valence-corrected chi connectivity index (χ1v) is 5.91. The van der Waals surface area contributed by atoms with Crippen molar-refractivity contribution < 1.29 is 4.39 Å². The van der Waals surface area contributed by atoms with Crippen LogP contribution in [0.15, 0.2) is 22.7 Å². The van der Waals surface area contributed by atoms with E-state index >= 15 is 0 Å². The number of hydrogen-bond donors (Lipinski definition) is 2. The quantitative estimate of drug-likeness (QED) is 0.836. The van der Waals surface area contributed by atoms with Gasteiger partial charge in [0.1, 0.15) is 17.3 Å². The number of imidazole rings is 1. The maximum Gasteiger partial charge on any atom is 0.150 e. The third kappa shape index (κ3) is 2.00. The van der Waals surface area contributed by atoms with E-state index in [9.17, 15) is 4.39 Å². The highest BCUT2D eigenvalue weighted by Gasteiger charge is 2.16. The van der Waals surface area contributed by atoms with Crippen molar-refractivity contribution in [3.8, 4) is 11.3 Å². The van der Waals surface area contributed by atoms with E-state index < -0.39 is 0 Å². The number of aromatic nitrogens is 2. The molecule has 0 radical (unpaired) electrons. The summed E-state index contributed by atoms with van der Waals surface area (Å²) in [5.41, 5.74) is 6.54. The molecule has 0 spiro atoms. The molecule has 6 heteroatoms. The second-order valence-corrected chi connectivity index (χ2v) is 4.53. The summed E-state index contributed by atoms with van der Waals surface area (Å²) in [6.45, 7) is 1.91. The van der Waals surface area contributed by atoms with E-state index in [0.29, 0.717) is 23.5 Å². The third-order valence-corrected chi connectivity index (χ3v) is 3.01. The fourth-order valence-corrected chi connectivity index (χ4v) is 1.98. The Hall–Kier alpha value is -1.56. The summed E-state index contributed by atoms with van der Waals surface area (Å²) < 4.78 is 15.8. The summed E-state index contributed by atoms with van der Waals surface area (Å²) in [6, 6.07) is 4.61. The van der Waals surface area contributed by atoms with E-state index in [1.54, 1.807) is 12.1 Å². The Kier molecular flexibility index (Phi) is 3.06. The van der Waals surface area contributed by atoms with E-state index in [1.165, 1.54) is 10.7 Å². The standard InChI is InChI=1S/C11H12BrFN4/c1-2-9-16-10(11(14)17(9)15)7-5-6(12)3-4-8(7)13/h3-5H,2,14-15H2,1H3. The van der Waals surface area contributed by atoms with Crippen molar-refractivity contribution in [2.75, 3.05) is 11.6 Å². The summed E-state index contributed by atoms with van der Waals surface area (Å²) in [5.74, 6) is 6.24. The third-order valence-electron chi connectivity index (χ3n) is 2.52. The summed E-state index contributed by atoms with van der Waals surface area (Å²) >= 11 is 3.29. The first-order chi connectivity index (χ1) is 8.04. The minimum Gasteiger partial charge on any atom is -0.382 e. The highest BCUT2D eigenvalue weighted by atomic mass is 79.9. The summed E-state index contributed by atoms with van der Waals surface area (Å²) in [6.07, 6.45) is 0.635. The van der Waals surface area contributed by atoms with Gasteiger partial charge in [-0.15, -0.1) is 0 Å². The zero-order valence-electron chi connectivity index (χ0n) is 9.24. The number of aryl methyl sites for hydroxylation is 1. The van der Waals surface area contributed by atoms with Crippen LogP contribution >= 0.6 is 15.9 Å². The van der Waals surface area contributed by atoms with Crippen LogP contribution in [0.3, 0.4) is 0 Å². The maximum absolute atomic E-state index is 13.7. The number of halogens is 2. The SMILES string of the molecule is CCc1nc(-c2cc(Br)ccc2F)c(N)n1N. The molecule has 0 aliphatic heterocycles. The van der Waals surface area contributed by atoms with Crippen molar-refractivity contribution in [1.82, 2.24) is 9.66 Å². The van der Waals surface area contributed by atoms with Crippen LogP contribution in [-0.4, -0.2) is 9.66 Å². The van der Waals surface area contributed by atoms with Crippen molar-refractivity contribution in [2.45, 2.75) is 13.3 Å². The molecular formula is C11H12BrFN4. The fraction of sp³-hybridized carbons (Fsp3) is 0.182. The van der Waals surface area contributed by atoms with Crippen LogP contribution in [0.2, 0.25) is 0 Å². The largest absolute Gasteiger partial charge is 0.382 e. The number of nitrogen functional groups attached to an aromatic ring is 2. The lowest BCUT2D eigenvalue weighted by Gasteiger charge is -2.02. The van der Waals surface area contributed by atoms with Crippen molar-refractivity contribution >= 4 is 21.7 Å². The second-order valence-electron chi connectivity index (χ2n) is 3.61. The number of anilines is 1. The van der Waals surface area contributed by atoms with Gasteiger partial charge >= 0.3 is 0 Å². The Morgan fingerprint density at radius 3 is 2.76 bits per heavy atom. The van der Waals surface area contributed by atoms with Crippen molar-refractivity contribution in [3.05, 3.63) is 34.3 Å². The molecule has 0 aliphatic carbocycles. The molecule has 0 fully saturated rings. The molecule has 4 nitrogen and oxygen atoms in total. The highest BCUT2D eigenvalue weighted by Crippen LogP contribution is 2.29. The highest BCUT2D eigenvalue weighted by molar-refractivity contribution is 9.10. The van der Waals surface area contributed by atoms with Crippen LogP contribution in [0.25, 0.3) is 11.3 Å². The normalized spacial score (nSPS) is 10.8. The summed E-state index contributed by atoms with van der Waals surface area (Å²) in [4.78, 5) is 4.25. The predicted molar refractivity (Wildman–Crippen MR) is 69.3 cm³/mol. The number of rotatable bonds is 2. The molecule has 0 aliphatic rings. The van der Waals surface area contributed by atoms with Crippen LogP contribution in [0.4, 0.5) is 10.2 Å². The van der Waals surface area contributed by atoms with Gasteiger partial charge in [0.15, 0.2) is 5.82 Å². The van der Waals surface area contributed by atoms with Gasteiger partial charge in [-0.1, -0.05) is 22.9 Å². The molecule has 2 rings (SSSR count). The average Bonchev–Trinajstić information content (AvgIpc) is 2.59. The van der Waals surface area contributed by atoms with Gasteiger partial charge in [-0.05, 0) is 18.2 Å². The molecule has 0 saturated carbocycles. The lowest BCUT2D eigenvalue weighted by molar-refractivity contribution is 0.630. The first kappa shape index (κ1) is 11.9. The zero-order valence-corrected chi connectivity index (χ0v) is 10.8. The Morgan fingerprint density at radius 2 is 2.18 bits per heavy atom. The monoisotopic (exact) mass is 298 g/mol. The molecule has 0 unspecified atom stereocenters. The molecule has 4 N–H and O–H groups in total. The van der Waals surface area contributed by atoms with E-state index in [1.807, 2.05) is 6.92 Å². The number of benzene rings is 1. The molecule has 2 aromatic rings. The Balaban J connectivity index is 2.64. The van der Waals surface area contributed by atoms with Crippen LogP contribution in [0.5, 0.6) is 0 Å². The van der Waals surface area contributed by atoms with E-state index in [4.69, 9.17) is 11.6 Å². The van der Waals surface area contributed by atoms with Gasteiger partial charge < -0.3 is 11.6 Å². The fourth-order valence-electron chi connectivity index (χ4n) is 1.62. The van der Waals surface area contributed by atoms with Crippen molar-refractivity contribution in [2.24, 2.45) is 0 Å².